The molecule has 0 radical (unpaired) electrons. The fourth-order valence-corrected chi connectivity index (χ4v) is 2.35. The van der Waals surface area contributed by atoms with Crippen molar-refractivity contribution in [3.8, 4) is 11.8 Å². The number of rotatable bonds is 5. The Morgan fingerprint density at radius 1 is 1.52 bits per heavy atom. The van der Waals surface area contributed by atoms with E-state index in [2.05, 4.69) is 21.0 Å². The Bertz CT molecular complexity index is 527. The van der Waals surface area contributed by atoms with E-state index in [9.17, 15) is 4.79 Å². The Morgan fingerprint density at radius 3 is 3.10 bits per heavy atom. The largest absolute Gasteiger partial charge is 0.491 e. The molecule has 0 saturated carbocycles. The topological polar surface area (TPSA) is 74.6 Å². The lowest BCUT2D eigenvalue weighted by molar-refractivity contribution is 0.166. The molecule has 1 aromatic carbocycles. The highest BCUT2D eigenvalue weighted by Gasteiger charge is 2.23. The van der Waals surface area contributed by atoms with Crippen molar-refractivity contribution in [2.75, 3.05) is 33.4 Å². The lowest BCUT2D eigenvalue weighted by Crippen LogP contribution is -2.37. The van der Waals surface area contributed by atoms with Crippen LogP contribution in [0.2, 0.25) is 0 Å². The van der Waals surface area contributed by atoms with Gasteiger partial charge in [0, 0.05) is 25.7 Å². The summed E-state index contributed by atoms with van der Waals surface area (Å²) in [5.41, 5.74) is 0.546. The third-order valence-corrected chi connectivity index (χ3v) is 3.45. The van der Waals surface area contributed by atoms with E-state index < -0.39 is 0 Å². The number of carbonyl (C=O) groups is 1. The molecular formula is C15H19N3O3. The Morgan fingerprint density at radius 2 is 2.33 bits per heavy atom. The van der Waals surface area contributed by atoms with E-state index in [0.717, 1.165) is 26.1 Å². The number of ether oxygens (including phenoxy) is 2. The molecule has 0 bridgehead atoms. The second-order valence-corrected chi connectivity index (χ2v) is 4.88. The van der Waals surface area contributed by atoms with Crippen molar-refractivity contribution in [3.05, 3.63) is 29.8 Å². The standard InChI is InChI=1S/C15H19N3O3/c1-20-15(19)17-13-6-7-18(11-13)8-9-21-14-5-3-2-4-12(14)10-16/h2-5,13H,6-9,11H2,1H3,(H,17,19). The summed E-state index contributed by atoms with van der Waals surface area (Å²) < 4.78 is 10.2. The molecule has 112 valence electrons. The first kappa shape index (κ1) is 15.1. The SMILES string of the molecule is COC(=O)NC1CCN(CCOc2ccccc2C#N)C1. The van der Waals surface area contributed by atoms with Gasteiger partial charge in [-0.15, -0.1) is 0 Å². The molecule has 1 aromatic rings. The summed E-state index contributed by atoms with van der Waals surface area (Å²) in [5, 5.41) is 11.8. The van der Waals surface area contributed by atoms with Crippen molar-refractivity contribution in [2.45, 2.75) is 12.5 Å². The number of carbonyl (C=O) groups excluding carboxylic acids is 1. The Balaban J connectivity index is 1.73. The minimum Gasteiger partial charge on any atom is -0.491 e. The summed E-state index contributed by atoms with van der Waals surface area (Å²) >= 11 is 0. The minimum absolute atomic E-state index is 0.129. The molecule has 1 amide bonds. The highest BCUT2D eigenvalue weighted by atomic mass is 16.5. The summed E-state index contributed by atoms with van der Waals surface area (Å²) in [4.78, 5) is 13.4. The molecule has 6 heteroatoms. The van der Waals surface area contributed by atoms with Crippen molar-refractivity contribution in [1.29, 1.82) is 5.26 Å². The van der Waals surface area contributed by atoms with Gasteiger partial charge in [0.1, 0.15) is 18.4 Å². The smallest absolute Gasteiger partial charge is 0.407 e. The summed E-state index contributed by atoms with van der Waals surface area (Å²) in [6, 6.07) is 9.44. The van der Waals surface area contributed by atoms with Gasteiger partial charge in [0.15, 0.2) is 0 Å². The third-order valence-electron chi connectivity index (χ3n) is 3.45. The van der Waals surface area contributed by atoms with Gasteiger partial charge in [0.2, 0.25) is 0 Å². The van der Waals surface area contributed by atoms with Crippen LogP contribution in [0.1, 0.15) is 12.0 Å². The maximum absolute atomic E-state index is 11.1. The van der Waals surface area contributed by atoms with Gasteiger partial charge in [-0.2, -0.15) is 5.26 Å². The van der Waals surface area contributed by atoms with Gasteiger partial charge in [0.25, 0.3) is 0 Å². The third kappa shape index (κ3) is 4.36. The molecule has 0 aromatic heterocycles. The zero-order chi connectivity index (χ0) is 15.1. The van der Waals surface area contributed by atoms with Crippen LogP contribution in [0.25, 0.3) is 0 Å². The quantitative estimate of drug-likeness (QED) is 0.886. The second kappa shape index (κ2) is 7.50. The van der Waals surface area contributed by atoms with Crippen LogP contribution in [-0.4, -0.2) is 50.4 Å². The number of benzene rings is 1. The van der Waals surface area contributed by atoms with Crippen molar-refractivity contribution < 1.29 is 14.3 Å². The molecule has 1 fully saturated rings. The van der Waals surface area contributed by atoms with E-state index in [1.165, 1.54) is 7.11 Å². The number of likely N-dealkylation sites (tertiary alicyclic amines) is 1. The van der Waals surface area contributed by atoms with Crippen LogP contribution in [0.5, 0.6) is 5.75 Å². The number of nitrogens with zero attached hydrogens (tertiary/aromatic N) is 2. The Kier molecular flexibility index (Phi) is 5.41. The summed E-state index contributed by atoms with van der Waals surface area (Å²) in [6.45, 7) is 2.99. The first-order valence-corrected chi connectivity index (χ1v) is 6.91. The van der Waals surface area contributed by atoms with Crippen LogP contribution in [-0.2, 0) is 4.74 Å². The van der Waals surface area contributed by atoms with Crippen molar-refractivity contribution in [2.24, 2.45) is 0 Å². The van der Waals surface area contributed by atoms with Crippen molar-refractivity contribution in [1.82, 2.24) is 10.2 Å². The van der Waals surface area contributed by atoms with Gasteiger partial charge < -0.3 is 14.8 Å². The number of para-hydroxylation sites is 1. The number of alkyl carbamates (subject to hydrolysis) is 1. The average molecular weight is 289 g/mol. The number of hydrogen-bond donors (Lipinski definition) is 1. The average Bonchev–Trinajstić information content (AvgIpc) is 2.95. The molecule has 1 heterocycles. The van der Waals surface area contributed by atoms with Gasteiger partial charge in [-0.25, -0.2) is 4.79 Å². The number of nitrogens with one attached hydrogen (secondary N) is 1. The highest BCUT2D eigenvalue weighted by molar-refractivity contribution is 5.67. The van der Waals surface area contributed by atoms with E-state index in [4.69, 9.17) is 10.00 Å². The van der Waals surface area contributed by atoms with Crippen LogP contribution >= 0.6 is 0 Å². The van der Waals surface area contributed by atoms with Gasteiger partial charge in [0.05, 0.1) is 12.7 Å². The highest BCUT2D eigenvalue weighted by Crippen LogP contribution is 2.16. The minimum atomic E-state index is -0.388. The van der Waals surface area contributed by atoms with Gasteiger partial charge in [-0.05, 0) is 18.6 Å². The first-order chi connectivity index (χ1) is 10.2. The number of amides is 1. The maximum atomic E-state index is 11.1. The molecule has 1 N–H and O–H groups in total. The zero-order valence-corrected chi connectivity index (χ0v) is 12.0. The molecule has 21 heavy (non-hydrogen) atoms. The summed E-state index contributed by atoms with van der Waals surface area (Å²) in [7, 11) is 1.36. The molecule has 0 aliphatic carbocycles. The molecule has 1 unspecified atom stereocenters. The van der Waals surface area contributed by atoms with Crippen molar-refractivity contribution >= 4 is 6.09 Å². The fourth-order valence-electron chi connectivity index (χ4n) is 2.35. The molecule has 1 saturated heterocycles. The lowest BCUT2D eigenvalue weighted by Gasteiger charge is -2.17. The van der Waals surface area contributed by atoms with E-state index in [1.54, 1.807) is 12.1 Å². The molecule has 6 nitrogen and oxygen atoms in total. The monoisotopic (exact) mass is 289 g/mol. The molecule has 1 aliphatic rings. The van der Waals surface area contributed by atoms with E-state index in [-0.39, 0.29) is 12.1 Å². The number of nitriles is 1. The predicted molar refractivity (Wildman–Crippen MR) is 77.0 cm³/mol. The van der Waals surface area contributed by atoms with Crippen molar-refractivity contribution in [3.63, 3.8) is 0 Å². The van der Waals surface area contributed by atoms with Crippen LogP contribution in [0.15, 0.2) is 24.3 Å². The van der Waals surface area contributed by atoms with Gasteiger partial charge in [-0.1, -0.05) is 12.1 Å². The fraction of sp³-hybridized carbons (Fsp3) is 0.467. The van der Waals surface area contributed by atoms with E-state index in [1.807, 2.05) is 12.1 Å². The molecule has 1 aliphatic heterocycles. The maximum Gasteiger partial charge on any atom is 0.407 e. The number of methoxy groups -OCH3 is 1. The molecule has 2 rings (SSSR count). The molecule has 0 spiro atoms. The zero-order valence-electron chi connectivity index (χ0n) is 12.0. The first-order valence-electron chi connectivity index (χ1n) is 6.91. The summed E-state index contributed by atoms with van der Waals surface area (Å²) in [6.07, 6.45) is 0.519. The van der Waals surface area contributed by atoms with E-state index in [0.29, 0.717) is 17.9 Å². The van der Waals surface area contributed by atoms with Crippen LogP contribution < -0.4 is 10.1 Å². The van der Waals surface area contributed by atoms with E-state index >= 15 is 0 Å². The Hall–Kier alpha value is -2.26. The van der Waals surface area contributed by atoms with Gasteiger partial charge in [-0.3, -0.25) is 4.90 Å². The summed E-state index contributed by atoms with van der Waals surface area (Å²) in [5.74, 6) is 0.614. The second-order valence-electron chi connectivity index (χ2n) is 4.88. The van der Waals surface area contributed by atoms with Gasteiger partial charge >= 0.3 is 6.09 Å². The Labute approximate surface area is 124 Å². The van der Waals surface area contributed by atoms with Crippen LogP contribution in [0.3, 0.4) is 0 Å². The number of hydrogen-bond acceptors (Lipinski definition) is 5. The normalized spacial score (nSPS) is 18.0. The lowest BCUT2D eigenvalue weighted by atomic mass is 10.2. The van der Waals surface area contributed by atoms with Crippen LogP contribution in [0, 0.1) is 11.3 Å². The van der Waals surface area contributed by atoms with Crippen LogP contribution in [0.4, 0.5) is 4.79 Å². The predicted octanol–water partition coefficient (Wildman–Crippen LogP) is 1.37. The molecular weight excluding hydrogens is 270 g/mol. The molecule has 1 atom stereocenters.